The molecule has 5 nitrogen and oxygen atoms in total. The van der Waals surface area contributed by atoms with Gasteiger partial charge in [0.15, 0.2) is 11.9 Å². The predicted octanol–water partition coefficient (Wildman–Crippen LogP) is 6.58. The molecule has 2 aromatic rings. The third-order valence-electron chi connectivity index (χ3n) is 6.47. The molecule has 1 amide bonds. The molecular weight excluding hydrogens is 515 g/mol. The average Bonchev–Trinajstić information content (AvgIpc) is 3.23. The van der Waals surface area contributed by atoms with Crippen LogP contribution in [0.4, 0.5) is 0 Å². The third kappa shape index (κ3) is 6.66. The summed E-state index contributed by atoms with van der Waals surface area (Å²) >= 11 is 15.0. The van der Waals surface area contributed by atoms with Gasteiger partial charge < -0.3 is 14.4 Å². The van der Waals surface area contributed by atoms with Gasteiger partial charge in [-0.1, -0.05) is 85.2 Å². The molecule has 36 heavy (non-hydrogen) atoms. The Bertz CT molecular complexity index is 1110. The van der Waals surface area contributed by atoms with Crippen molar-refractivity contribution in [2.24, 2.45) is 0 Å². The fraction of sp³-hybridized carbons (Fsp3) is 0.464. The number of benzene rings is 2. The molecule has 0 unspecified atom stereocenters. The van der Waals surface area contributed by atoms with Gasteiger partial charge in [-0.3, -0.25) is 9.69 Å². The van der Waals surface area contributed by atoms with Crippen LogP contribution >= 0.6 is 35.0 Å². The summed E-state index contributed by atoms with van der Waals surface area (Å²) in [6, 6.07) is 12.5. The minimum Gasteiger partial charge on any atom is -0.347 e. The molecule has 194 valence electrons. The van der Waals surface area contributed by atoms with Crippen molar-refractivity contribution >= 4 is 46.9 Å². The standard InChI is InChI=1S/C28H34Cl2N2O3S/c1-19(2)21-9-5-6-10-23(21)36-24-12-11-20(25(29)26(24)30)8-7-13-31-14-16-32(17-15-31)27(33)22-18-34-28(3,4)35-22/h5-12,19,22H,13-18H2,1-4H3/b8-7+/t22-/m0/s1. The molecule has 0 radical (unpaired) electrons. The number of carbonyl (C=O) groups excluding carboxylic acids is 1. The van der Waals surface area contributed by atoms with E-state index >= 15 is 0 Å². The molecule has 0 aromatic heterocycles. The normalized spacial score (nSPS) is 20.5. The van der Waals surface area contributed by atoms with Crippen LogP contribution in [0.2, 0.25) is 10.0 Å². The number of nitrogens with zero attached hydrogens (tertiary/aromatic N) is 2. The first-order valence-corrected chi connectivity index (χ1v) is 14.0. The van der Waals surface area contributed by atoms with Gasteiger partial charge in [-0.2, -0.15) is 0 Å². The van der Waals surface area contributed by atoms with Crippen LogP contribution in [0, 0.1) is 0 Å². The van der Waals surface area contributed by atoms with Crippen molar-refractivity contribution in [3.8, 4) is 0 Å². The molecule has 4 rings (SSSR count). The van der Waals surface area contributed by atoms with Gasteiger partial charge in [0.25, 0.3) is 5.91 Å². The van der Waals surface area contributed by atoms with E-state index < -0.39 is 11.9 Å². The summed E-state index contributed by atoms with van der Waals surface area (Å²) in [6.45, 7) is 12.2. The molecule has 2 aliphatic heterocycles. The number of halogens is 2. The topological polar surface area (TPSA) is 42.0 Å². The van der Waals surface area contributed by atoms with Gasteiger partial charge in [0.2, 0.25) is 0 Å². The summed E-state index contributed by atoms with van der Waals surface area (Å²) in [6.07, 6.45) is 3.62. The summed E-state index contributed by atoms with van der Waals surface area (Å²) in [5.41, 5.74) is 2.20. The highest BCUT2D eigenvalue weighted by Crippen LogP contribution is 2.41. The molecule has 2 fully saturated rings. The molecule has 0 saturated carbocycles. The van der Waals surface area contributed by atoms with E-state index in [1.807, 2.05) is 43.0 Å². The molecular formula is C28H34Cl2N2O3S. The van der Waals surface area contributed by atoms with E-state index in [0.29, 0.717) is 35.7 Å². The van der Waals surface area contributed by atoms with E-state index in [9.17, 15) is 4.79 Å². The first kappa shape index (κ1) is 27.5. The molecule has 0 aliphatic carbocycles. The van der Waals surface area contributed by atoms with Gasteiger partial charge in [-0.15, -0.1) is 0 Å². The van der Waals surface area contributed by atoms with E-state index in [2.05, 4.69) is 43.0 Å². The maximum Gasteiger partial charge on any atom is 0.254 e. The van der Waals surface area contributed by atoms with E-state index in [1.54, 1.807) is 11.8 Å². The number of carbonyl (C=O) groups is 1. The summed E-state index contributed by atoms with van der Waals surface area (Å²) < 4.78 is 11.3. The van der Waals surface area contributed by atoms with Gasteiger partial charge in [-0.05, 0) is 43.0 Å². The van der Waals surface area contributed by atoms with E-state index in [0.717, 1.165) is 30.1 Å². The largest absolute Gasteiger partial charge is 0.347 e. The van der Waals surface area contributed by atoms with Crippen LogP contribution in [-0.2, 0) is 14.3 Å². The number of piperazine rings is 1. The molecule has 0 spiro atoms. The minimum absolute atomic E-state index is 0.0196. The lowest BCUT2D eigenvalue weighted by molar-refractivity contribution is -0.161. The lowest BCUT2D eigenvalue weighted by Gasteiger charge is -2.35. The summed E-state index contributed by atoms with van der Waals surface area (Å²) in [5.74, 6) is -0.236. The van der Waals surface area contributed by atoms with E-state index in [4.69, 9.17) is 32.7 Å². The number of ether oxygens (including phenoxy) is 2. The highest BCUT2D eigenvalue weighted by atomic mass is 35.5. The Morgan fingerprint density at radius 1 is 1.08 bits per heavy atom. The van der Waals surface area contributed by atoms with E-state index in [1.165, 1.54) is 10.5 Å². The monoisotopic (exact) mass is 548 g/mol. The third-order valence-corrected chi connectivity index (χ3v) is 8.63. The highest BCUT2D eigenvalue weighted by molar-refractivity contribution is 7.99. The quantitative estimate of drug-likeness (QED) is 0.391. The fourth-order valence-electron chi connectivity index (χ4n) is 4.42. The SMILES string of the molecule is CC(C)c1ccccc1Sc1ccc(/C=C/CN2CCN(C(=O)[C@@H]3COC(C)(C)O3)CC2)c(Cl)c1Cl. The number of rotatable bonds is 7. The van der Waals surface area contributed by atoms with Gasteiger partial charge >= 0.3 is 0 Å². The van der Waals surface area contributed by atoms with Gasteiger partial charge in [0.1, 0.15) is 0 Å². The van der Waals surface area contributed by atoms with E-state index in [-0.39, 0.29) is 5.91 Å². The average molecular weight is 550 g/mol. The second-order valence-electron chi connectivity index (χ2n) is 9.92. The van der Waals surface area contributed by atoms with Crippen LogP contribution in [0.3, 0.4) is 0 Å². The molecule has 0 N–H and O–H groups in total. The van der Waals surface area contributed by atoms with Crippen molar-refractivity contribution < 1.29 is 14.3 Å². The Morgan fingerprint density at radius 3 is 2.47 bits per heavy atom. The van der Waals surface area contributed by atoms with Crippen molar-refractivity contribution in [3.05, 3.63) is 63.6 Å². The highest BCUT2D eigenvalue weighted by Gasteiger charge is 2.39. The summed E-state index contributed by atoms with van der Waals surface area (Å²) in [5, 5.41) is 1.15. The first-order chi connectivity index (χ1) is 17.1. The molecule has 2 aromatic carbocycles. The van der Waals surface area contributed by atoms with Crippen LogP contribution in [0.5, 0.6) is 0 Å². The summed E-state index contributed by atoms with van der Waals surface area (Å²) in [4.78, 5) is 19.1. The van der Waals surface area contributed by atoms with Gasteiger partial charge in [0.05, 0.1) is 16.7 Å². The minimum atomic E-state index is -0.688. The maximum atomic E-state index is 12.7. The van der Waals surface area contributed by atoms with Crippen LogP contribution in [0.25, 0.3) is 6.08 Å². The van der Waals surface area contributed by atoms with Crippen molar-refractivity contribution in [2.75, 3.05) is 39.3 Å². The zero-order valence-corrected chi connectivity index (χ0v) is 23.6. The predicted molar refractivity (Wildman–Crippen MR) is 148 cm³/mol. The molecule has 2 saturated heterocycles. The van der Waals surface area contributed by atoms with Crippen LogP contribution in [-0.4, -0.2) is 66.9 Å². The van der Waals surface area contributed by atoms with Gasteiger partial charge in [-0.25, -0.2) is 0 Å². The Hall–Kier alpha value is -1.54. The lowest BCUT2D eigenvalue weighted by Crippen LogP contribution is -2.52. The van der Waals surface area contributed by atoms with Crippen LogP contribution < -0.4 is 0 Å². The molecule has 2 heterocycles. The lowest BCUT2D eigenvalue weighted by atomic mass is 10.0. The smallest absolute Gasteiger partial charge is 0.254 e. The zero-order chi connectivity index (χ0) is 25.9. The molecule has 8 heteroatoms. The van der Waals surface area contributed by atoms with Crippen molar-refractivity contribution in [2.45, 2.75) is 55.3 Å². The Kier molecular flexibility index (Phi) is 9.08. The van der Waals surface area contributed by atoms with Crippen molar-refractivity contribution in [1.29, 1.82) is 0 Å². The molecule has 1 atom stereocenters. The van der Waals surface area contributed by atoms with Crippen molar-refractivity contribution in [1.82, 2.24) is 9.80 Å². The van der Waals surface area contributed by atoms with Crippen molar-refractivity contribution in [3.63, 3.8) is 0 Å². The fourth-order valence-corrected chi connectivity index (χ4v) is 6.12. The zero-order valence-electron chi connectivity index (χ0n) is 21.3. The molecule has 2 aliphatic rings. The Labute approximate surface area is 228 Å². The Morgan fingerprint density at radius 2 is 1.81 bits per heavy atom. The first-order valence-electron chi connectivity index (χ1n) is 12.4. The number of hydrogen-bond donors (Lipinski definition) is 0. The van der Waals surface area contributed by atoms with Crippen LogP contribution in [0.1, 0.15) is 44.7 Å². The molecule has 0 bridgehead atoms. The summed E-state index contributed by atoms with van der Waals surface area (Å²) in [7, 11) is 0. The second-order valence-corrected chi connectivity index (χ2v) is 11.8. The second kappa shape index (κ2) is 11.9. The number of hydrogen-bond acceptors (Lipinski definition) is 5. The number of amides is 1. The maximum absolute atomic E-state index is 12.7. The van der Waals surface area contributed by atoms with Gasteiger partial charge in [0, 0.05) is 42.5 Å². The van der Waals surface area contributed by atoms with Crippen LogP contribution in [0.15, 0.2) is 52.3 Å². The Balaban J connectivity index is 1.31.